The highest BCUT2D eigenvalue weighted by atomic mass is 19.4. The maximum absolute atomic E-state index is 14.2. The molecule has 0 spiro atoms. The van der Waals surface area contributed by atoms with Crippen LogP contribution in [0.1, 0.15) is 127 Å². The van der Waals surface area contributed by atoms with Crippen molar-refractivity contribution in [3.8, 4) is 0 Å². The molecule has 3 atom stereocenters. The van der Waals surface area contributed by atoms with Gasteiger partial charge in [0.2, 0.25) is 0 Å². The Balaban J connectivity index is -0.000000233. The number of halogens is 5. The predicted octanol–water partition coefficient (Wildman–Crippen LogP) is 15.5. The molecular formula is C46H76F5NO. The summed E-state index contributed by atoms with van der Waals surface area (Å²) in [5.41, 5.74) is 5.75. The first-order valence-corrected chi connectivity index (χ1v) is 18.6. The van der Waals surface area contributed by atoms with Crippen LogP contribution in [0.3, 0.4) is 0 Å². The maximum Gasteiger partial charge on any atom is 0.416 e. The summed E-state index contributed by atoms with van der Waals surface area (Å²) in [6.07, 6.45) is 4.07. The minimum absolute atomic E-state index is 0.121. The van der Waals surface area contributed by atoms with E-state index in [0.717, 1.165) is 35.1 Å². The molecule has 1 aromatic carbocycles. The van der Waals surface area contributed by atoms with Crippen molar-refractivity contribution in [3.05, 3.63) is 125 Å². The molecule has 3 unspecified atom stereocenters. The third kappa shape index (κ3) is 27.8. The SMILES string of the molecule is C=C.C=C(C)C(=C\C=C(C)C)/C(C)=C(/C=C(/C)C(C)CC)C(F)(F)F.C=C(CC)Cc1c(C)cc(NC(CC)C(C)F)cc1F.C=CC.CC.CCO. The van der Waals surface area contributed by atoms with Crippen LogP contribution in [-0.4, -0.2) is 30.1 Å². The molecular weight excluding hydrogens is 678 g/mol. The Labute approximate surface area is 323 Å². The van der Waals surface area contributed by atoms with Crippen LogP contribution in [-0.2, 0) is 6.42 Å². The molecule has 306 valence electrons. The number of aliphatic hydroxyl groups excluding tert-OH is 1. The molecule has 0 radical (unpaired) electrons. The van der Waals surface area contributed by atoms with Gasteiger partial charge in [0.05, 0.1) is 11.6 Å². The molecule has 0 aliphatic carbocycles. The van der Waals surface area contributed by atoms with E-state index >= 15 is 0 Å². The average molecular weight is 754 g/mol. The number of nitrogens with one attached hydrogen (secondary N) is 1. The maximum atomic E-state index is 14.2. The van der Waals surface area contributed by atoms with Crippen LogP contribution in [0.5, 0.6) is 0 Å². The highest BCUT2D eigenvalue weighted by molar-refractivity contribution is 5.52. The number of aryl methyl sites for hydroxylation is 1. The molecule has 1 rings (SSSR count). The monoisotopic (exact) mass is 754 g/mol. The van der Waals surface area contributed by atoms with Crippen molar-refractivity contribution in [2.75, 3.05) is 11.9 Å². The second kappa shape index (κ2) is 34.3. The first-order chi connectivity index (χ1) is 24.6. The molecule has 0 bridgehead atoms. The molecule has 0 amide bonds. The van der Waals surface area contributed by atoms with Crippen molar-refractivity contribution in [2.24, 2.45) is 5.92 Å². The van der Waals surface area contributed by atoms with Crippen LogP contribution in [0.25, 0.3) is 0 Å². The molecule has 2 nitrogen and oxygen atoms in total. The van der Waals surface area contributed by atoms with Gasteiger partial charge in [-0.25, -0.2) is 8.78 Å². The molecule has 0 aliphatic heterocycles. The molecule has 0 fully saturated rings. The highest BCUT2D eigenvalue weighted by Crippen LogP contribution is 2.35. The summed E-state index contributed by atoms with van der Waals surface area (Å²) in [5, 5.41) is 10.6. The third-order valence-electron chi connectivity index (χ3n) is 7.61. The van der Waals surface area contributed by atoms with Crippen molar-refractivity contribution in [3.63, 3.8) is 0 Å². The molecule has 0 saturated heterocycles. The van der Waals surface area contributed by atoms with Crippen LogP contribution < -0.4 is 5.32 Å². The Morgan fingerprint density at radius 3 is 1.72 bits per heavy atom. The van der Waals surface area contributed by atoms with E-state index in [4.69, 9.17) is 5.11 Å². The predicted molar refractivity (Wildman–Crippen MR) is 228 cm³/mol. The average Bonchev–Trinajstić information content (AvgIpc) is 3.08. The summed E-state index contributed by atoms with van der Waals surface area (Å²) >= 11 is 0. The van der Waals surface area contributed by atoms with E-state index in [2.05, 4.69) is 38.2 Å². The molecule has 0 heterocycles. The fourth-order valence-electron chi connectivity index (χ4n) is 4.29. The van der Waals surface area contributed by atoms with E-state index in [1.54, 1.807) is 32.9 Å². The Kier molecular flexibility index (Phi) is 38.1. The number of alkyl halides is 4. The largest absolute Gasteiger partial charge is 0.416 e. The van der Waals surface area contributed by atoms with Gasteiger partial charge in [-0.05, 0) is 128 Å². The minimum Gasteiger partial charge on any atom is -0.397 e. The minimum atomic E-state index is -4.39. The molecule has 0 saturated carbocycles. The number of anilines is 1. The summed E-state index contributed by atoms with van der Waals surface area (Å²) in [6.45, 7) is 45.0. The standard InChI is InChI=1S/C20H29F3.C17H25F2N.C3H6.C2H6O.C2H6.C2H4/c1-9-15(6)16(7)12-19(20(21,22)23)17(8)18(14(4)5)11-10-13(2)3;1-6-11(3)8-15-12(4)9-14(10-16(15)19)20-17(7-2)13(5)18;1-3-2;1-2-3;2*1-2/h10-12,15H,4,9H2,1-3,5-8H3;9-10,13,17,20H,3,6-8H2,1-2,4-5H3;3H,1H2,2H3;3H,2H2,1H3;1-2H3;1-2H2/b16-12-,18-11+,19-17-;;;;;. The number of hydrogen-bond acceptors (Lipinski definition) is 2. The van der Waals surface area contributed by atoms with E-state index in [-0.39, 0.29) is 30.0 Å². The molecule has 1 aromatic rings. The number of allylic oxidation sites excluding steroid dienone is 11. The van der Waals surface area contributed by atoms with Gasteiger partial charge >= 0.3 is 6.18 Å². The van der Waals surface area contributed by atoms with Crippen molar-refractivity contribution in [1.29, 1.82) is 0 Å². The zero-order chi connectivity index (χ0) is 43.1. The lowest BCUT2D eigenvalue weighted by atomic mass is 9.92. The summed E-state index contributed by atoms with van der Waals surface area (Å²) in [6, 6.07) is 3.05. The first kappa shape index (κ1) is 58.8. The second-order valence-corrected chi connectivity index (χ2v) is 12.4. The Hall–Kier alpha value is -3.45. The van der Waals surface area contributed by atoms with E-state index in [0.29, 0.717) is 35.2 Å². The Morgan fingerprint density at radius 1 is 0.925 bits per heavy atom. The van der Waals surface area contributed by atoms with Crippen LogP contribution in [0.15, 0.2) is 108 Å². The molecule has 53 heavy (non-hydrogen) atoms. The first-order valence-electron chi connectivity index (χ1n) is 18.6. The third-order valence-corrected chi connectivity index (χ3v) is 7.61. The van der Waals surface area contributed by atoms with Crippen LogP contribution in [0.4, 0.5) is 27.6 Å². The lowest BCUT2D eigenvalue weighted by Gasteiger charge is -2.21. The molecule has 2 N–H and O–H groups in total. The molecule has 0 aliphatic rings. The lowest BCUT2D eigenvalue weighted by Crippen LogP contribution is -2.27. The lowest BCUT2D eigenvalue weighted by molar-refractivity contribution is -0.0889. The normalized spacial score (nSPS) is 12.9. The Bertz CT molecular complexity index is 1270. The zero-order valence-electron chi connectivity index (χ0n) is 36.1. The van der Waals surface area contributed by atoms with Gasteiger partial charge in [0.25, 0.3) is 0 Å². The Morgan fingerprint density at radius 2 is 1.40 bits per heavy atom. The summed E-state index contributed by atoms with van der Waals surface area (Å²) in [5.74, 6) is -0.126. The van der Waals surface area contributed by atoms with Gasteiger partial charge < -0.3 is 10.4 Å². The van der Waals surface area contributed by atoms with Crippen LogP contribution >= 0.6 is 0 Å². The van der Waals surface area contributed by atoms with E-state index in [1.165, 1.54) is 26.0 Å². The highest BCUT2D eigenvalue weighted by Gasteiger charge is 2.34. The fourth-order valence-corrected chi connectivity index (χ4v) is 4.29. The molecule has 7 heteroatoms. The van der Waals surface area contributed by atoms with Gasteiger partial charge in [-0.3, -0.25) is 0 Å². The van der Waals surface area contributed by atoms with Gasteiger partial charge in [-0.15, -0.1) is 19.7 Å². The quantitative estimate of drug-likeness (QED) is 0.119. The van der Waals surface area contributed by atoms with Gasteiger partial charge in [0.15, 0.2) is 0 Å². The number of rotatable bonds is 13. The van der Waals surface area contributed by atoms with Crippen LogP contribution in [0.2, 0.25) is 0 Å². The van der Waals surface area contributed by atoms with Crippen molar-refractivity contribution < 1.29 is 27.1 Å². The number of hydrogen-bond donors (Lipinski definition) is 2. The zero-order valence-corrected chi connectivity index (χ0v) is 36.1. The van der Waals surface area contributed by atoms with Crippen molar-refractivity contribution >= 4 is 5.69 Å². The molecule has 0 aromatic heterocycles. The van der Waals surface area contributed by atoms with Crippen molar-refractivity contribution in [2.45, 2.75) is 148 Å². The van der Waals surface area contributed by atoms with Crippen LogP contribution in [0, 0.1) is 18.7 Å². The van der Waals surface area contributed by atoms with E-state index < -0.39 is 17.9 Å². The van der Waals surface area contributed by atoms with Gasteiger partial charge in [0.1, 0.15) is 12.0 Å². The summed E-state index contributed by atoms with van der Waals surface area (Å²) < 4.78 is 68.2. The number of benzene rings is 1. The fraction of sp³-hybridized carbons (Fsp3) is 0.522. The van der Waals surface area contributed by atoms with E-state index in [1.807, 2.05) is 81.4 Å². The topological polar surface area (TPSA) is 32.3 Å². The van der Waals surface area contributed by atoms with Crippen molar-refractivity contribution in [1.82, 2.24) is 0 Å². The summed E-state index contributed by atoms with van der Waals surface area (Å²) in [4.78, 5) is 0. The smallest absolute Gasteiger partial charge is 0.397 e. The van der Waals surface area contributed by atoms with E-state index in [9.17, 15) is 22.0 Å². The van der Waals surface area contributed by atoms with Gasteiger partial charge in [-0.1, -0.05) is 101 Å². The van der Waals surface area contributed by atoms with Gasteiger partial charge in [-0.2, -0.15) is 13.2 Å². The number of aliphatic hydroxyl groups is 1. The second-order valence-electron chi connectivity index (χ2n) is 12.4. The summed E-state index contributed by atoms with van der Waals surface area (Å²) in [7, 11) is 0. The van der Waals surface area contributed by atoms with Gasteiger partial charge in [0, 0.05) is 12.3 Å².